The molecular formula is C76H32F12N4Pd. The number of nitrogens with zero attached hydrogens (tertiary/aromatic N) is 4. The van der Waals surface area contributed by atoms with E-state index in [1.807, 2.05) is 0 Å². The third kappa shape index (κ3) is 8.74. The van der Waals surface area contributed by atoms with Crippen LogP contribution in [0.15, 0.2) is 194 Å². The Morgan fingerprint density at radius 1 is 0.226 bits per heavy atom. The molecule has 3 aliphatic rings. The van der Waals surface area contributed by atoms with Crippen LogP contribution in [0.5, 0.6) is 0 Å². The molecule has 0 saturated heterocycles. The molecule has 17 heteroatoms. The minimum atomic E-state index is -1.83. The molecular weight excluding hydrogens is 1300 g/mol. The first-order chi connectivity index (χ1) is 44.5. The Balaban J connectivity index is 0.00000686. The summed E-state index contributed by atoms with van der Waals surface area (Å²) >= 11 is 0. The van der Waals surface area contributed by atoms with Crippen molar-refractivity contribution in [3.05, 3.63) is 264 Å². The smallest absolute Gasteiger partial charge is 0.656 e. The molecule has 0 radical (unpaired) electrons. The Bertz CT molecular complexity index is 5260. The monoisotopic (exact) mass is 1330 g/mol. The molecule has 2 aliphatic heterocycles. The molecule has 12 aromatic carbocycles. The molecule has 0 saturated carbocycles. The van der Waals surface area contributed by atoms with Crippen LogP contribution in [0.4, 0.5) is 52.7 Å². The van der Waals surface area contributed by atoms with Crippen LogP contribution in [-0.4, -0.2) is 9.97 Å². The summed E-state index contributed by atoms with van der Waals surface area (Å²) in [6, 6.07) is 47.7. The number of fused-ring (bicyclic) bond motifs is 4. The zero-order valence-electron chi connectivity index (χ0n) is 47.1. The second-order valence-corrected chi connectivity index (χ2v) is 22.7. The van der Waals surface area contributed by atoms with Crippen LogP contribution in [-0.2, 0) is 20.4 Å². The van der Waals surface area contributed by atoms with E-state index in [0.717, 1.165) is 48.5 Å². The molecule has 0 atom stereocenters. The normalized spacial score (nSPS) is 12.0. The minimum absolute atomic E-state index is 0. The van der Waals surface area contributed by atoms with Crippen LogP contribution in [0, 0.1) is 69.8 Å². The van der Waals surface area contributed by atoms with Crippen molar-refractivity contribution in [2.75, 3.05) is 0 Å². The maximum absolute atomic E-state index is 16.4. The summed E-state index contributed by atoms with van der Waals surface area (Å²) in [6.07, 6.45) is 0. The van der Waals surface area contributed by atoms with E-state index in [2.05, 4.69) is 0 Å². The molecule has 0 unspecified atom stereocenters. The molecule has 14 aromatic rings. The number of halogens is 12. The number of hydrogen-bond acceptors (Lipinski definition) is 2. The second-order valence-electron chi connectivity index (χ2n) is 22.7. The topological polar surface area (TPSA) is 54.0 Å². The van der Waals surface area contributed by atoms with Crippen molar-refractivity contribution >= 4 is 86.7 Å². The standard InChI is InChI=1S/C76H32F12N4.Pd/c77-53-25-41(26-54(78)65(53)85)61-69-45-17-33-9-1-2-10-34(33)18-46(45)70(89-69)62(42-27-55(79)66(86)56(80)28-42)72-49-21-37-13-5-6-14-38(37)22-50(49)74(91-72)64(44-31-59(83)68(88)60(84)32-44)76-52-24-40-16-8-7-15-39(40)23-51(52)75(92-76)63(43-29-57(81)67(87)58(82)30-43)73-48-20-36-12-4-3-11-35(36)19-47(48)71(61)90-73;/h1-32H;/q-2;+2. The van der Waals surface area contributed by atoms with Gasteiger partial charge in [0.1, 0.15) is 0 Å². The van der Waals surface area contributed by atoms with E-state index in [4.69, 9.17) is 19.9 Å². The predicted molar refractivity (Wildman–Crippen MR) is 334 cm³/mol. The van der Waals surface area contributed by atoms with Crippen LogP contribution in [0.3, 0.4) is 0 Å². The van der Waals surface area contributed by atoms with Crippen LogP contribution >= 0.6 is 0 Å². The molecule has 0 amide bonds. The summed E-state index contributed by atoms with van der Waals surface area (Å²) in [5.74, 6) is -20.4. The van der Waals surface area contributed by atoms with Gasteiger partial charge in [-0.3, -0.25) is 0 Å². The van der Waals surface area contributed by atoms with Gasteiger partial charge in [-0.2, -0.15) is 0 Å². The largest absolute Gasteiger partial charge is 2.00 e. The molecule has 0 N–H and O–H groups in total. The first kappa shape index (κ1) is 57.3. The van der Waals surface area contributed by atoms with Gasteiger partial charge in [0.2, 0.25) is 0 Å². The molecule has 4 nitrogen and oxygen atoms in total. The van der Waals surface area contributed by atoms with E-state index < -0.39 is 69.8 Å². The SMILES string of the molecule is Fc1cc(-c2c3nc(c(-c4cc(F)c(F)c(F)c4)c4[n-]c(c(-c5cc(F)c(F)c(F)c5)c5nc(c(-c6cc(F)c(F)c(F)c6)c6[n-]c2c2cc7ccccc7cc62)-c2cc6ccccc6cc2-5)c2cc5ccccc5cc42)-c2cc4ccccc4cc2-3)cc(F)c1F.[Pd+2]. The number of rotatable bonds is 4. The summed E-state index contributed by atoms with van der Waals surface area (Å²) < 4.78 is 193. The van der Waals surface area contributed by atoms with Crippen LogP contribution in [0.2, 0.25) is 0 Å². The van der Waals surface area contributed by atoms with Gasteiger partial charge in [-0.05, 0) is 206 Å². The van der Waals surface area contributed by atoms with Crippen molar-refractivity contribution in [1.29, 1.82) is 0 Å². The molecule has 8 bridgehead atoms. The average Bonchev–Trinajstić information content (AvgIpc) is 1.56. The third-order valence-corrected chi connectivity index (χ3v) is 17.5. The minimum Gasteiger partial charge on any atom is -0.656 e. The Morgan fingerprint density at radius 3 is 0.581 bits per heavy atom. The molecule has 0 spiro atoms. The Morgan fingerprint density at radius 2 is 0.398 bits per heavy atom. The van der Waals surface area contributed by atoms with Gasteiger partial charge in [0.15, 0.2) is 69.8 Å². The summed E-state index contributed by atoms with van der Waals surface area (Å²) in [5, 5.41) is 5.38. The third-order valence-electron chi connectivity index (χ3n) is 17.5. The van der Waals surface area contributed by atoms with Gasteiger partial charge in [-0.15, -0.1) is 22.1 Å². The van der Waals surface area contributed by atoms with Gasteiger partial charge in [-0.1, -0.05) is 97.1 Å². The van der Waals surface area contributed by atoms with E-state index in [-0.39, 0.29) is 154 Å². The van der Waals surface area contributed by atoms with Crippen molar-refractivity contribution in [1.82, 2.24) is 19.9 Å². The maximum atomic E-state index is 16.4. The van der Waals surface area contributed by atoms with Crippen molar-refractivity contribution in [3.8, 4) is 89.5 Å². The zero-order chi connectivity index (χ0) is 62.9. The van der Waals surface area contributed by atoms with Gasteiger partial charge in [0, 0.05) is 22.3 Å². The van der Waals surface area contributed by atoms with E-state index in [9.17, 15) is 0 Å². The Hall–Kier alpha value is -10.9. The molecule has 17 rings (SSSR count). The number of aromatic nitrogens is 4. The number of hydrogen-bond donors (Lipinski definition) is 0. The van der Waals surface area contributed by atoms with Crippen LogP contribution in [0.25, 0.3) is 176 Å². The van der Waals surface area contributed by atoms with E-state index in [1.165, 1.54) is 0 Å². The van der Waals surface area contributed by atoms with E-state index >= 15 is 52.7 Å². The Kier molecular flexibility index (Phi) is 13.0. The van der Waals surface area contributed by atoms with Crippen molar-refractivity contribution in [3.63, 3.8) is 0 Å². The van der Waals surface area contributed by atoms with Gasteiger partial charge >= 0.3 is 20.4 Å². The molecule has 2 aromatic heterocycles. The Labute approximate surface area is 530 Å². The quantitative estimate of drug-likeness (QED) is 0.100. The van der Waals surface area contributed by atoms with E-state index in [0.29, 0.717) is 43.1 Å². The van der Waals surface area contributed by atoms with Gasteiger partial charge in [0.05, 0.1) is 22.8 Å². The molecule has 4 heterocycles. The second kappa shape index (κ2) is 21.1. The molecule has 0 fully saturated rings. The van der Waals surface area contributed by atoms with Crippen molar-refractivity contribution in [2.24, 2.45) is 0 Å². The fraction of sp³-hybridized carbons (Fsp3) is 0. The van der Waals surface area contributed by atoms with Gasteiger partial charge in [0.25, 0.3) is 0 Å². The summed E-state index contributed by atoms with van der Waals surface area (Å²) in [5.41, 5.74) is -2.41. The summed E-state index contributed by atoms with van der Waals surface area (Å²) in [6.45, 7) is 0. The zero-order valence-corrected chi connectivity index (χ0v) is 48.7. The fourth-order valence-electron chi connectivity index (χ4n) is 13.3. The summed E-state index contributed by atoms with van der Waals surface area (Å²) in [7, 11) is 0. The predicted octanol–water partition coefficient (Wildman–Crippen LogP) is 21.5. The molecule has 450 valence electrons. The van der Waals surface area contributed by atoms with E-state index in [1.54, 1.807) is 146 Å². The first-order valence-electron chi connectivity index (χ1n) is 28.6. The van der Waals surface area contributed by atoms with Gasteiger partial charge < -0.3 is 9.97 Å². The van der Waals surface area contributed by atoms with Gasteiger partial charge in [-0.25, -0.2) is 62.7 Å². The van der Waals surface area contributed by atoms with Crippen LogP contribution in [0.1, 0.15) is 0 Å². The van der Waals surface area contributed by atoms with Crippen molar-refractivity contribution in [2.45, 2.75) is 0 Å². The first-order valence-corrected chi connectivity index (χ1v) is 28.6. The number of benzene rings is 12. The summed E-state index contributed by atoms with van der Waals surface area (Å²) in [4.78, 5) is 21.6. The molecule has 93 heavy (non-hydrogen) atoms. The molecule has 1 aliphatic carbocycles. The van der Waals surface area contributed by atoms with Crippen molar-refractivity contribution < 1.29 is 73.1 Å². The maximum Gasteiger partial charge on any atom is 2.00 e. The average molecular weight is 1340 g/mol. The fourth-order valence-corrected chi connectivity index (χ4v) is 13.3. The van der Waals surface area contributed by atoms with Crippen LogP contribution < -0.4 is 9.97 Å².